The molecular formula is C14H14ClN. The van der Waals surface area contributed by atoms with E-state index in [2.05, 4.69) is 54.4 Å². The molecule has 0 spiro atoms. The van der Waals surface area contributed by atoms with E-state index < -0.39 is 0 Å². The van der Waals surface area contributed by atoms with E-state index in [1.807, 2.05) is 0 Å². The van der Waals surface area contributed by atoms with Gasteiger partial charge in [0, 0.05) is 6.54 Å². The zero-order valence-electron chi connectivity index (χ0n) is 9.04. The molecule has 0 atom stereocenters. The molecule has 1 N–H and O–H groups in total. The van der Waals surface area contributed by atoms with Gasteiger partial charge in [0.25, 0.3) is 0 Å². The van der Waals surface area contributed by atoms with Crippen LogP contribution in [-0.2, 0) is 6.42 Å². The minimum Gasteiger partial charge on any atom is -0.376 e. The first-order chi connectivity index (χ1) is 7.77. The number of hydrogen-bond acceptors (Lipinski definition) is 1. The maximum absolute atomic E-state index is 5.66. The summed E-state index contributed by atoms with van der Waals surface area (Å²) in [7, 11) is 0. The van der Waals surface area contributed by atoms with E-state index in [-0.39, 0.29) is 0 Å². The fourth-order valence-corrected chi connectivity index (χ4v) is 1.94. The second-order valence-electron chi connectivity index (χ2n) is 3.72. The molecule has 0 aromatic heterocycles. The van der Waals surface area contributed by atoms with Gasteiger partial charge >= 0.3 is 0 Å². The van der Waals surface area contributed by atoms with E-state index >= 15 is 0 Å². The molecule has 0 aliphatic rings. The van der Waals surface area contributed by atoms with Crippen molar-refractivity contribution in [2.75, 3.05) is 6.54 Å². The van der Waals surface area contributed by atoms with Gasteiger partial charge in [-0.05, 0) is 22.8 Å². The van der Waals surface area contributed by atoms with Gasteiger partial charge in [-0.25, -0.2) is 0 Å². The zero-order chi connectivity index (χ0) is 11.4. The van der Waals surface area contributed by atoms with Crippen molar-refractivity contribution in [1.29, 1.82) is 0 Å². The molecule has 2 aromatic rings. The van der Waals surface area contributed by atoms with Crippen LogP contribution in [0.5, 0.6) is 0 Å². The van der Waals surface area contributed by atoms with Crippen LogP contribution in [0.4, 0.5) is 0 Å². The lowest BCUT2D eigenvalue weighted by Gasteiger charge is -2.07. The molecule has 0 bridgehead atoms. The molecule has 0 heterocycles. The van der Waals surface area contributed by atoms with Crippen molar-refractivity contribution in [2.24, 2.45) is 0 Å². The van der Waals surface area contributed by atoms with E-state index in [1.54, 1.807) is 0 Å². The third-order valence-electron chi connectivity index (χ3n) is 2.59. The summed E-state index contributed by atoms with van der Waals surface area (Å²) in [4.78, 5) is 0. The first-order valence-electron chi connectivity index (χ1n) is 5.32. The molecule has 0 unspecified atom stereocenters. The van der Waals surface area contributed by atoms with Crippen LogP contribution in [0.1, 0.15) is 5.56 Å². The Bertz CT molecular complexity index is 500. The smallest absolute Gasteiger partial charge is 0.0945 e. The topological polar surface area (TPSA) is 12.0 Å². The average molecular weight is 232 g/mol. The number of fused-ring (bicyclic) bond motifs is 1. The van der Waals surface area contributed by atoms with Crippen molar-refractivity contribution in [3.63, 3.8) is 0 Å². The number of rotatable bonds is 4. The zero-order valence-corrected chi connectivity index (χ0v) is 9.80. The van der Waals surface area contributed by atoms with Crippen molar-refractivity contribution in [3.8, 4) is 0 Å². The Morgan fingerprint density at radius 2 is 1.88 bits per heavy atom. The number of nitrogens with one attached hydrogen (secondary N) is 1. The molecule has 2 aromatic carbocycles. The highest BCUT2D eigenvalue weighted by atomic mass is 35.5. The summed E-state index contributed by atoms with van der Waals surface area (Å²) in [5, 5.41) is 6.12. The monoisotopic (exact) mass is 231 g/mol. The third-order valence-corrected chi connectivity index (χ3v) is 2.72. The molecule has 2 heteroatoms. The highest BCUT2D eigenvalue weighted by Crippen LogP contribution is 2.18. The summed E-state index contributed by atoms with van der Waals surface area (Å²) in [5.41, 5.74) is 1.34. The molecule has 0 saturated heterocycles. The Hall–Kier alpha value is -1.47. The van der Waals surface area contributed by atoms with Gasteiger partial charge in [0.1, 0.15) is 0 Å². The summed E-state index contributed by atoms with van der Waals surface area (Å²) in [6, 6.07) is 14.8. The van der Waals surface area contributed by atoms with E-state index in [9.17, 15) is 0 Å². The molecule has 2 rings (SSSR count). The number of halogens is 1. The van der Waals surface area contributed by atoms with Gasteiger partial charge in [-0.1, -0.05) is 60.6 Å². The minimum atomic E-state index is 0.500. The summed E-state index contributed by atoms with van der Waals surface area (Å²) in [6.45, 7) is 4.42. The van der Waals surface area contributed by atoms with Crippen molar-refractivity contribution in [1.82, 2.24) is 5.32 Å². The van der Waals surface area contributed by atoms with Crippen molar-refractivity contribution in [3.05, 3.63) is 59.8 Å². The van der Waals surface area contributed by atoms with Crippen LogP contribution in [0.2, 0.25) is 0 Å². The van der Waals surface area contributed by atoms with Crippen molar-refractivity contribution >= 4 is 22.4 Å². The standard InChI is InChI=1S/C14H14ClN/c1-11(15)16-10-9-13-7-4-6-12-5-2-3-8-14(12)13/h2-8,16H,1,9-10H2. The Balaban J connectivity index is 2.20. The molecule has 1 nitrogen and oxygen atoms in total. The summed E-state index contributed by atoms with van der Waals surface area (Å²) in [6.07, 6.45) is 0.951. The Morgan fingerprint density at radius 3 is 2.69 bits per heavy atom. The second kappa shape index (κ2) is 5.04. The number of benzene rings is 2. The van der Waals surface area contributed by atoms with Crippen LogP contribution in [0.3, 0.4) is 0 Å². The van der Waals surface area contributed by atoms with Crippen LogP contribution in [0.15, 0.2) is 54.2 Å². The molecular weight excluding hydrogens is 218 g/mol. The molecule has 16 heavy (non-hydrogen) atoms. The van der Waals surface area contributed by atoms with Gasteiger partial charge in [0.05, 0.1) is 5.16 Å². The fourth-order valence-electron chi connectivity index (χ4n) is 1.84. The van der Waals surface area contributed by atoms with Gasteiger partial charge in [-0.2, -0.15) is 0 Å². The van der Waals surface area contributed by atoms with Crippen molar-refractivity contribution in [2.45, 2.75) is 6.42 Å². The Labute approximate surface area is 101 Å². The highest BCUT2D eigenvalue weighted by Gasteiger charge is 1.99. The number of hydrogen-bond donors (Lipinski definition) is 1. The van der Waals surface area contributed by atoms with E-state index in [0.29, 0.717) is 5.16 Å². The van der Waals surface area contributed by atoms with Crippen LogP contribution in [-0.4, -0.2) is 6.54 Å². The van der Waals surface area contributed by atoms with Crippen LogP contribution in [0.25, 0.3) is 10.8 Å². The molecule has 0 aliphatic heterocycles. The van der Waals surface area contributed by atoms with E-state index in [0.717, 1.165) is 13.0 Å². The van der Waals surface area contributed by atoms with E-state index in [4.69, 9.17) is 11.6 Å². The lowest BCUT2D eigenvalue weighted by Crippen LogP contribution is -2.12. The van der Waals surface area contributed by atoms with Gasteiger partial charge < -0.3 is 5.32 Å². The molecule has 82 valence electrons. The van der Waals surface area contributed by atoms with Crippen LogP contribution < -0.4 is 5.32 Å². The Morgan fingerprint density at radius 1 is 1.12 bits per heavy atom. The highest BCUT2D eigenvalue weighted by molar-refractivity contribution is 6.28. The SMILES string of the molecule is C=C(Cl)NCCc1cccc2ccccc12. The second-order valence-corrected chi connectivity index (χ2v) is 4.18. The summed E-state index contributed by atoms with van der Waals surface area (Å²) < 4.78 is 0. The average Bonchev–Trinajstić information content (AvgIpc) is 2.29. The van der Waals surface area contributed by atoms with Crippen LogP contribution in [0, 0.1) is 0 Å². The fraction of sp³-hybridized carbons (Fsp3) is 0.143. The van der Waals surface area contributed by atoms with Gasteiger partial charge in [0.2, 0.25) is 0 Å². The maximum Gasteiger partial charge on any atom is 0.0945 e. The molecule has 0 saturated carbocycles. The predicted molar refractivity (Wildman–Crippen MR) is 70.6 cm³/mol. The first-order valence-corrected chi connectivity index (χ1v) is 5.70. The third kappa shape index (κ3) is 2.56. The van der Waals surface area contributed by atoms with Gasteiger partial charge in [-0.3, -0.25) is 0 Å². The molecule has 0 aliphatic carbocycles. The first kappa shape index (κ1) is 11.0. The summed E-state index contributed by atoms with van der Waals surface area (Å²) >= 11 is 5.66. The van der Waals surface area contributed by atoms with Gasteiger partial charge in [0.15, 0.2) is 0 Å². The quantitative estimate of drug-likeness (QED) is 0.792. The van der Waals surface area contributed by atoms with Crippen LogP contribution >= 0.6 is 11.6 Å². The summed E-state index contributed by atoms with van der Waals surface area (Å²) in [5.74, 6) is 0. The molecule has 0 amide bonds. The van der Waals surface area contributed by atoms with Gasteiger partial charge in [-0.15, -0.1) is 0 Å². The van der Waals surface area contributed by atoms with E-state index in [1.165, 1.54) is 16.3 Å². The lowest BCUT2D eigenvalue weighted by atomic mass is 10.0. The maximum atomic E-state index is 5.66. The minimum absolute atomic E-state index is 0.500. The molecule has 0 fully saturated rings. The Kier molecular flexibility index (Phi) is 3.47. The lowest BCUT2D eigenvalue weighted by molar-refractivity contribution is 0.826. The largest absolute Gasteiger partial charge is 0.376 e. The van der Waals surface area contributed by atoms with Crippen molar-refractivity contribution < 1.29 is 0 Å². The predicted octanol–water partition coefficient (Wildman–Crippen LogP) is 3.68. The molecule has 0 radical (unpaired) electrons. The normalized spacial score (nSPS) is 10.3.